The van der Waals surface area contributed by atoms with Crippen LogP contribution >= 0.6 is 22.9 Å². The van der Waals surface area contributed by atoms with Crippen LogP contribution < -0.4 is 5.32 Å². The predicted octanol–water partition coefficient (Wildman–Crippen LogP) is 4.75. The van der Waals surface area contributed by atoms with Gasteiger partial charge in [-0.15, -0.1) is 11.3 Å². The predicted molar refractivity (Wildman–Crippen MR) is 101 cm³/mol. The number of anilines is 1. The molecule has 136 valence electrons. The first-order valence-electron chi connectivity index (χ1n) is 7.78. The Hall–Kier alpha value is -2.95. The summed E-state index contributed by atoms with van der Waals surface area (Å²) in [5, 5.41) is 12.1. The zero-order valence-corrected chi connectivity index (χ0v) is 15.5. The molecule has 0 fully saturated rings. The van der Waals surface area contributed by atoms with Crippen molar-refractivity contribution in [2.75, 3.05) is 5.32 Å². The Morgan fingerprint density at radius 2 is 1.96 bits per heavy atom. The van der Waals surface area contributed by atoms with Crippen molar-refractivity contribution in [1.82, 2.24) is 0 Å². The molecule has 3 aromatic rings. The highest BCUT2D eigenvalue weighted by Crippen LogP contribution is 2.36. The van der Waals surface area contributed by atoms with Gasteiger partial charge >= 0.3 is 5.97 Å². The lowest BCUT2D eigenvalue weighted by Gasteiger charge is -2.13. The first kappa shape index (κ1) is 18.8. The van der Waals surface area contributed by atoms with Gasteiger partial charge in [-0.25, -0.2) is 9.18 Å². The molecular formula is C19H12ClFN2O3S. The first-order valence-corrected chi connectivity index (χ1v) is 8.98. The van der Waals surface area contributed by atoms with Crippen molar-refractivity contribution in [2.24, 2.45) is 0 Å². The number of nitriles is 1. The lowest BCUT2D eigenvalue weighted by molar-refractivity contribution is -0.123. The molecule has 0 aliphatic rings. The SMILES string of the molecule is C[C@H](OC(=O)c1sc2cc(F)ccc2c1Cl)C(=O)Nc1ccc(C#N)cc1. The third-order valence-electron chi connectivity index (χ3n) is 3.71. The maximum atomic E-state index is 13.3. The summed E-state index contributed by atoms with van der Waals surface area (Å²) in [7, 11) is 0. The van der Waals surface area contributed by atoms with Crippen molar-refractivity contribution >= 4 is 50.6 Å². The molecule has 0 saturated carbocycles. The molecule has 0 bridgehead atoms. The molecule has 0 radical (unpaired) electrons. The number of hydrogen-bond donors (Lipinski definition) is 1. The molecule has 1 amide bonds. The molecule has 5 nitrogen and oxygen atoms in total. The molecule has 2 aromatic carbocycles. The number of nitrogens with zero attached hydrogens (tertiary/aromatic N) is 1. The van der Waals surface area contributed by atoms with E-state index in [1.54, 1.807) is 24.3 Å². The molecular weight excluding hydrogens is 391 g/mol. The molecule has 3 rings (SSSR count). The van der Waals surface area contributed by atoms with E-state index in [1.807, 2.05) is 6.07 Å². The second-order valence-corrected chi connectivity index (χ2v) is 7.04. The van der Waals surface area contributed by atoms with Gasteiger partial charge in [0, 0.05) is 15.8 Å². The minimum Gasteiger partial charge on any atom is -0.448 e. The fraction of sp³-hybridized carbons (Fsp3) is 0.105. The van der Waals surface area contributed by atoms with Crippen LogP contribution in [0.15, 0.2) is 42.5 Å². The Kier molecular flexibility index (Phi) is 5.40. The Labute approximate surface area is 162 Å². The van der Waals surface area contributed by atoms with Crippen LogP contribution in [0.1, 0.15) is 22.2 Å². The summed E-state index contributed by atoms with van der Waals surface area (Å²) in [6, 6.07) is 12.3. The number of nitrogens with one attached hydrogen (secondary N) is 1. The van der Waals surface area contributed by atoms with Crippen molar-refractivity contribution in [3.63, 3.8) is 0 Å². The monoisotopic (exact) mass is 402 g/mol. The standard InChI is InChI=1S/C19H12ClFN2O3S/c1-10(18(24)23-13-5-2-11(9-22)3-6-13)26-19(25)17-16(20)14-7-4-12(21)8-15(14)27-17/h2-8,10H,1H3,(H,23,24)/t10-/m0/s1. The van der Waals surface area contributed by atoms with E-state index in [4.69, 9.17) is 21.6 Å². The lowest BCUT2D eigenvalue weighted by Crippen LogP contribution is -2.29. The van der Waals surface area contributed by atoms with Gasteiger partial charge in [0.25, 0.3) is 5.91 Å². The van der Waals surface area contributed by atoms with Crippen LogP contribution in [0.3, 0.4) is 0 Å². The van der Waals surface area contributed by atoms with E-state index in [-0.39, 0.29) is 9.90 Å². The molecule has 1 aromatic heterocycles. The maximum absolute atomic E-state index is 13.3. The van der Waals surface area contributed by atoms with Crippen LogP contribution in [-0.4, -0.2) is 18.0 Å². The van der Waals surface area contributed by atoms with Crippen molar-refractivity contribution in [1.29, 1.82) is 5.26 Å². The van der Waals surface area contributed by atoms with Crippen LogP contribution in [0.25, 0.3) is 10.1 Å². The summed E-state index contributed by atoms with van der Waals surface area (Å²) in [5.41, 5.74) is 0.931. The van der Waals surface area contributed by atoms with Crippen molar-refractivity contribution in [3.05, 3.63) is 63.7 Å². The van der Waals surface area contributed by atoms with Crippen LogP contribution in [0, 0.1) is 17.1 Å². The lowest BCUT2D eigenvalue weighted by atomic mass is 10.2. The molecule has 8 heteroatoms. The van der Waals surface area contributed by atoms with Gasteiger partial charge in [0.2, 0.25) is 0 Å². The van der Waals surface area contributed by atoms with Crippen molar-refractivity contribution < 1.29 is 18.7 Å². The number of esters is 1. The molecule has 1 atom stereocenters. The smallest absolute Gasteiger partial charge is 0.350 e. The number of benzene rings is 2. The van der Waals surface area contributed by atoms with E-state index in [0.29, 0.717) is 21.3 Å². The van der Waals surface area contributed by atoms with E-state index in [0.717, 1.165) is 11.3 Å². The summed E-state index contributed by atoms with van der Waals surface area (Å²) >= 11 is 7.19. The number of fused-ring (bicyclic) bond motifs is 1. The van der Waals surface area contributed by atoms with E-state index >= 15 is 0 Å². The molecule has 0 spiro atoms. The fourth-order valence-corrected chi connectivity index (χ4v) is 3.73. The highest BCUT2D eigenvalue weighted by atomic mass is 35.5. The number of hydrogen-bond acceptors (Lipinski definition) is 5. The largest absolute Gasteiger partial charge is 0.448 e. The number of carbonyl (C=O) groups excluding carboxylic acids is 2. The normalized spacial score (nSPS) is 11.6. The van der Waals surface area contributed by atoms with Gasteiger partial charge in [0.05, 0.1) is 16.7 Å². The van der Waals surface area contributed by atoms with E-state index in [9.17, 15) is 14.0 Å². The van der Waals surface area contributed by atoms with Gasteiger partial charge in [0.15, 0.2) is 6.10 Å². The minimum atomic E-state index is -1.08. The number of rotatable bonds is 4. The third kappa shape index (κ3) is 4.08. The second kappa shape index (κ2) is 7.74. The Balaban J connectivity index is 1.70. The number of amides is 1. The number of halogens is 2. The average molecular weight is 403 g/mol. The molecule has 1 heterocycles. The highest BCUT2D eigenvalue weighted by Gasteiger charge is 2.24. The summed E-state index contributed by atoms with van der Waals surface area (Å²) in [5.74, 6) is -1.73. The van der Waals surface area contributed by atoms with Gasteiger partial charge in [-0.1, -0.05) is 11.6 Å². The average Bonchev–Trinajstić information content (AvgIpc) is 2.98. The van der Waals surface area contributed by atoms with Gasteiger partial charge in [-0.3, -0.25) is 4.79 Å². The zero-order valence-electron chi connectivity index (χ0n) is 14.0. The van der Waals surface area contributed by atoms with E-state index in [1.165, 1.54) is 25.1 Å². The zero-order chi connectivity index (χ0) is 19.6. The summed E-state index contributed by atoms with van der Waals surface area (Å²) in [6.07, 6.45) is -1.08. The van der Waals surface area contributed by atoms with Crippen molar-refractivity contribution in [3.8, 4) is 6.07 Å². The van der Waals surface area contributed by atoms with E-state index in [2.05, 4.69) is 5.32 Å². The molecule has 0 saturated heterocycles. The first-order chi connectivity index (χ1) is 12.9. The van der Waals surface area contributed by atoms with Gasteiger partial charge in [0.1, 0.15) is 10.7 Å². The molecule has 27 heavy (non-hydrogen) atoms. The molecule has 0 aliphatic carbocycles. The highest BCUT2D eigenvalue weighted by molar-refractivity contribution is 7.21. The van der Waals surface area contributed by atoms with Gasteiger partial charge in [-0.05, 0) is 49.4 Å². The second-order valence-electron chi connectivity index (χ2n) is 5.61. The van der Waals surface area contributed by atoms with Crippen molar-refractivity contribution in [2.45, 2.75) is 13.0 Å². The quantitative estimate of drug-likeness (QED) is 0.638. The minimum absolute atomic E-state index is 0.107. The third-order valence-corrected chi connectivity index (χ3v) is 5.35. The van der Waals surface area contributed by atoms with E-state index < -0.39 is 23.8 Å². The topological polar surface area (TPSA) is 79.2 Å². The Morgan fingerprint density at radius 1 is 1.26 bits per heavy atom. The summed E-state index contributed by atoms with van der Waals surface area (Å²) in [4.78, 5) is 24.7. The van der Waals surface area contributed by atoms with Gasteiger partial charge < -0.3 is 10.1 Å². The maximum Gasteiger partial charge on any atom is 0.350 e. The van der Waals surface area contributed by atoms with Crippen LogP contribution in [-0.2, 0) is 9.53 Å². The number of thiophene rings is 1. The Bertz CT molecular complexity index is 1070. The number of carbonyl (C=O) groups is 2. The molecule has 0 unspecified atom stereocenters. The fourth-order valence-electron chi connectivity index (χ4n) is 2.31. The molecule has 0 aliphatic heterocycles. The van der Waals surface area contributed by atoms with Gasteiger partial charge in [-0.2, -0.15) is 5.26 Å². The van der Waals surface area contributed by atoms with Crippen LogP contribution in [0.5, 0.6) is 0 Å². The summed E-state index contributed by atoms with van der Waals surface area (Å²) < 4.78 is 19.0. The summed E-state index contributed by atoms with van der Waals surface area (Å²) in [6.45, 7) is 1.43. The van der Waals surface area contributed by atoms with Crippen LogP contribution in [0.4, 0.5) is 10.1 Å². The van der Waals surface area contributed by atoms with Crippen LogP contribution in [0.2, 0.25) is 5.02 Å². The molecule has 1 N–H and O–H groups in total. The number of ether oxygens (including phenoxy) is 1. The Morgan fingerprint density at radius 3 is 2.63 bits per heavy atom.